The third-order valence-electron chi connectivity index (χ3n) is 6.59. The molecule has 4 rings (SSSR count). The molecule has 2 aromatic rings. The standard InChI is InChI=1S/C25H32F3N3O4/c1-17-12-20(30-35-17)14-21(32)13-18-2-4-22(33-15-18)7-10-31-9-6-19-3-5-24(29-23(19)8-11-31)34-16-25(26,27)28/h3,5,12,18,22H,2,4,6-11,13-16H2,1H3/t18-,22-/m1/s1. The third kappa shape index (κ3) is 8.03. The predicted molar refractivity (Wildman–Crippen MR) is 121 cm³/mol. The number of fused-ring (bicyclic) bond motifs is 1. The lowest BCUT2D eigenvalue weighted by molar-refractivity contribution is -0.154. The molecule has 0 bridgehead atoms. The highest BCUT2D eigenvalue weighted by molar-refractivity contribution is 5.80. The SMILES string of the molecule is Cc1cc(CC(=O)C[C@H]2CC[C@H](CCN3CCc4ccc(OCC(F)(F)F)nc4CC3)OC2)no1. The van der Waals surface area contributed by atoms with Gasteiger partial charge in [0.2, 0.25) is 5.88 Å². The van der Waals surface area contributed by atoms with Crippen LogP contribution in [-0.2, 0) is 28.8 Å². The molecule has 2 aliphatic rings. The lowest BCUT2D eigenvalue weighted by Gasteiger charge is -2.30. The normalized spacial score (nSPS) is 21.4. The molecule has 2 aliphatic heterocycles. The molecule has 0 radical (unpaired) electrons. The van der Waals surface area contributed by atoms with Crippen molar-refractivity contribution >= 4 is 5.78 Å². The van der Waals surface area contributed by atoms with E-state index in [1.165, 1.54) is 6.07 Å². The van der Waals surface area contributed by atoms with Crippen LogP contribution in [0.25, 0.3) is 0 Å². The van der Waals surface area contributed by atoms with Crippen LogP contribution in [0, 0.1) is 12.8 Å². The van der Waals surface area contributed by atoms with Gasteiger partial charge in [0, 0.05) is 50.3 Å². The second-order valence-electron chi connectivity index (χ2n) is 9.54. The number of hydrogen-bond acceptors (Lipinski definition) is 7. The number of rotatable bonds is 9. The van der Waals surface area contributed by atoms with Gasteiger partial charge in [0.25, 0.3) is 0 Å². The van der Waals surface area contributed by atoms with Gasteiger partial charge >= 0.3 is 6.18 Å². The number of hydrogen-bond donors (Lipinski definition) is 0. The summed E-state index contributed by atoms with van der Waals surface area (Å²) in [4.78, 5) is 19.0. The van der Waals surface area contributed by atoms with E-state index in [0.29, 0.717) is 37.3 Å². The third-order valence-corrected chi connectivity index (χ3v) is 6.59. The highest BCUT2D eigenvalue weighted by Crippen LogP contribution is 2.25. The van der Waals surface area contributed by atoms with Crippen molar-refractivity contribution in [1.29, 1.82) is 0 Å². The molecular formula is C25H32F3N3O4. The summed E-state index contributed by atoms with van der Waals surface area (Å²) in [6.07, 6.45) is 0.944. The van der Waals surface area contributed by atoms with Crippen LogP contribution in [-0.4, -0.2) is 66.0 Å². The fourth-order valence-electron chi connectivity index (χ4n) is 4.74. The van der Waals surface area contributed by atoms with Gasteiger partial charge in [0.15, 0.2) is 6.61 Å². The van der Waals surface area contributed by atoms with Crippen molar-refractivity contribution in [2.24, 2.45) is 5.92 Å². The van der Waals surface area contributed by atoms with Crippen LogP contribution in [0.2, 0.25) is 0 Å². The summed E-state index contributed by atoms with van der Waals surface area (Å²) < 4.78 is 53.1. The van der Waals surface area contributed by atoms with Gasteiger partial charge in [-0.1, -0.05) is 11.2 Å². The lowest BCUT2D eigenvalue weighted by atomic mass is 9.91. The van der Waals surface area contributed by atoms with Crippen LogP contribution in [0.1, 0.15) is 48.4 Å². The molecule has 0 aliphatic carbocycles. The van der Waals surface area contributed by atoms with Gasteiger partial charge in [-0.2, -0.15) is 13.2 Å². The van der Waals surface area contributed by atoms with Gasteiger partial charge in [0.05, 0.1) is 24.8 Å². The van der Waals surface area contributed by atoms with Gasteiger partial charge < -0.3 is 18.9 Å². The van der Waals surface area contributed by atoms with E-state index in [1.807, 2.05) is 13.0 Å². The maximum absolute atomic E-state index is 12.4. The van der Waals surface area contributed by atoms with Crippen molar-refractivity contribution in [3.63, 3.8) is 0 Å². The fourth-order valence-corrected chi connectivity index (χ4v) is 4.74. The lowest BCUT2D eigenvalue weighted by Crippen LogP contribution is -2.33. The number of alkyl halides is 3. The summed E-state index contributed by atoms with van der Waals surface area (Å²) in [7, 11) is 0. The Labute approximate surface area is 203 Å². The number of aromatic nitrogens is 2. The van der Waals surface area contributed by atoms with Crippen molar-refractivity contribution in [1.82, 2.24) is 15.0 Å². The topological polar surface area (TPSA) is 77.7 Å². The van der Waals surface area contributed by atoms with E-state index in [1.54, 1.807) is 6.07 Å². The summed E-state index contributed by atoms with van der Waals surface area (Å²) in [5.41, 5.74) is 2.56. The molecule has 0 N–H and O–H groups in total. The monoisotopic (exact) mass is 495 g/mol. The first-order valence-corrected chi connectivity index (χ1v) is 12.2. The number of Topliss-reactive ketones (excluding diaryl/α,β-unsaturated/α-hetero) is 1. The highest BCUT2D eigenvalue weighted by atomic mass is 19.4. The molecule has 0 saturated carbocycles. The first kappa shape index (κ1) is 25.6. The second kappa shape index (κ2) is 11.5. The first-order valence-electron chi connectivity index (χ1n) is 12.2. The number of carbonyl (C=O) groups excluding carboxylic acids is 1. The van der Waals surface area contributed by atoms with Crippen molar-refractivity contribution in [2.45, 2.75) is 64.1 Å². The molecule has 4 heterocycles. The largest absolute Gasteiger partial charge is 0.468 e. The summed E-state index contributed by atoms with van der Waals surface area (Å²) >= 11 is 0. The smallest absolute Gasteiger partial charge is 0.422 e. The van der Waals surface area contributed by atoms with E-state index in [4.69, 9.17) is 14.0 Å². The Morgan fingerprint density at radius 2 is 2.06 bits per heavy atom. The predicted octanol–water partition coefficient (Wildman–Crippen LogP) is 4.11. The minimum atomic E-state index is -4.38. The molecule has 192 valence electrons. The quantitative estimate of drug-likeness (QED) is 0.518. The number of ether oxygens (including phenoxy) is 2. The Hall–Kier alpha value is -2.46. The zero-order chi connectivity index (χ0) is 24.8. The Morgan fingerprint density at radius 3 is 2.77 bits per heavy atom. The highest BCUT2D eigenvalue weighted by Gasteiger charge is 2.29. The molecule has 2 aromatic heterocycles. The Kier molecular flexibility index (Phi) is 8.43. The molecule has 1 fully saturated rings. The molecule has 7 nitrogen and oxygen atoms in total. The number of pyridine rings is 1. The van der Waals surface area contributed by atoms with Crippen LogP contribution in [0.15, 0.2) is 22.7 Å². The van der Waals surface area contributed by atoms with Gasteiger partial charge in [-0.25, -0.2) is 4.98 Å². The molecule has 35 heavy (non-hydrogen) atoms. The van der Waals surface area contributed by atoms with E-state index in [0.717, 1.165) is 56.6 Å². The van der Waals surface area contributed by atoms with Gasteiger partial charge in [-0.15, -0.1) is 0 Å². The molecule has 2 atom stereocenters. The van der Waals surface area contributed by atoms with E-state index >= 15 is 0 Å². The summed E-state index contributed by atoms with van der Waals surface area (Å²) in [5, 5.41) is 3.89. The maximum atomic E-state index is 12.4. The minimum Gasteiger partial charge on any atom is -0.468 e. The maximum Gasteiger partial charge on any atom is 0.422 e. The fraction of sp³-hybridized carbons (Fsp3) is 0.640. The number of ketones is 1. The zero-order valence-electron chi connectivity index (χ0n) is 20.0. The number of halogens is 3. The first-order chi connectivity index (χ1) is 16.7. The van der Waals surface area contributed by atoms with Crippen molar-refractivity contribution in [3.05, 3.63) is 40.9 Å². The Morgan fingerprint density at radius 1 is 1.23 bits per heavy atom. The average Bonchev–Trinajstić information content (AvgIpc) is 3.10. The van der Waals surface area contributed by atoms with Crippen LogP contribution in [0.5, 0.6) is 5.88 Å². The van der Waals surface area contributed by atoms with Crippen molar-refractivity contribution in [2.75, 3.05) is 32.8 Å². The summed E-state index contributed by atoms with van der Waals surface area (Å²) in [6.45, 7) is 3.65. The molecule has 0 unspecified atom stereocenters. The molecule has 10 heteroatoms. The summed E-state index contributed by atoms with van der Waals surface area (Å²) in [5.74, 6) is 1.14. The van der Waals surface area contributed by atoms with Crippen molar-refractivity contribution in [3.8, 4) is 5.88 Å². The molecule has 0 aromatic carbocycles. The Bertz CT molecular complexity index is 987. The molecule has 0 spiro atoms. The van der Waals surface area contributed by atoms with E-state index in [2.05, 4.69) is 15.0 Å². The van der Waals surface area contributed by atoms with Crippen molar-refractivity contribution < 1.29 is 32.0 Å². The van der Waals surface area contributed by atoms with E-state index in [9.17, 15) is 18.0 Å². The molecule has 0 amide bonds. The zero-order valence-corrected chi connectivity index (χ0v) is 20.0. The number of carbonyl (C=O) groups is 1. The van der Waals surface area contributed by atoms with Gasteiger partial charge in [-0.05, 0) is 44.1 Å². The van der Waals surface area contributed by atoms with Gasteiger partial charge in [0.1, 0.15) is 11.5 Å². The summed E-state index contributed by atoms with van der Waals surface area (Å²) in [6, 6.07) is 5.14. The van der Waals surface area contributed by atoms with Crippen LogP contribution >= 0.6 is 0 Å². The Balaban J connectivity index is 1.16. The van der Waals surface area contributed by atoms with E-state index in [-0.39, 0.29) is 23.7 Å². The minimum absolute atomic E-state index is 0.0225. The number of nitrogens with zero attached hydrogens (tertiary/aromatic N) is 3. The van der Waals surface area contributed by atoms with Crippen LogP contribution in [0.4, 0.5) is 13.2 Å². The number of aryl methyl sites for hydroxylation is 1. The molecule has 1 saturated heterocycles. The van der Waals surface area contributed by atoms with Crippen LogP contribution in [0.3, 0.4) is 0 Å². The van der Waals surface area contributed by atoms with Gasteiger partial charge in [-0.3, -0.25) is 4.79 Å². The second-order valence-corrected chi connectivity index (χ2v) is 9.54. The van der Waals surface area contributed by atoms with Crippen LogP contribution < -0.4 is 4.74 Å². The average molecular weight is 496 g/mol. The molecular weight excluding hydrogens is 463 g/mol. The van der Waals surface area contributed by atoms with E-state index < -0.39 is 12.8 Å².